The molecule has 2 heterocycles. The van der Waals surface area contributed by atoms with Crippen molar-refractivity contribution in [2.24, 2.45) is 5.92 Å². The second-order valence-corrected chi connectivity index (χ2v) is 9.36. The quantitative estimate of drug-likeness (QED) is 0.699. The van der Waals surface area contributed by atoms with Crippen LogP contribution in [0.15, 0.2) is 36.4 Å². The lowest BCUT2D eigenvalue weighted by Crippen LogP contribution is -2.52. The van der Waals surface area contributed by atoms with E-state index in [1.54, 1.807) is 0 Å². The zero-order chi connectivity index (χ0) is 22.2. The largest absolute Gasteiger partial charge is 0.493 e. The molecule has 1 amide bonds. The van der Waals surface area contributed by atoms with Crippen molar-refractivity contribution in [1.29, 1.82) is 0 Å². The number of ether oxygens (including phenoxy) is 2. The van der Waals surface area contributed by atoms with E-state index in [0.29, 0.717) is 56.2 Å². The molecule has 1 fully saturated rings. The van der Waals surface area contributed by atoms with Crippen LogP contribution in [0.5, 0.6) is 11.5 Å². The summed E-state index contributed by atoms with van der Waals surface area (Å²) in [7, 11) is 0. The average Bonchev–Trinajstić information content (AvgIpc) is 2.71. The molecule has 0 bridgehead atoms. The number of Topliss-reactive ketones (excluding diaryl/α,β-unsaturated/α-hetero) is 1. The van der Waals surface area contributed by atoms with Gasteiger partial charge in [0.1, 0.15) is 17.1 Å². The van der Waals surface area contributed by atoms with Gasteiger partial charge in [0.15, 0.2) is 5.78 Å². The van der Waals surface area contributed by atoms with Crippen LogP contribution in [0, 0.1) is 19.8 Å². The van der Waals surface area contributed by atoms with Crippen molar-refractivity contribution in [2.45, 2.75) is 52.6 Å². The summed E-state index contributed by atoms with van der Waals surface area (Å²) in [6, 6.07) is 11.3. The molecule has 5 nitrogen and oxygen atoms in total. The Morgan fingerprint density at radius 1 is 1.13 bits per heavy atom. The number of hydrogen-bond acceptors (Lipinski definition) is 4. The molecule has 1 saturated heterocycles. The highest BCUT2D eigenvalue weighted by atomic mass is 16.5. The Bertz CT molecular complexity index is 985. The topological polar surface area (TPSA) is 55.8 Å². The summed E-state index contributed by atoms with van der Waals surface area (Å²) in [5.74, 6) is 2.09. The Labute approximate surface area is 184 Å². The second-order valence-electron chi connectivity index (χ2n) is 9.36. The predicted molar refractivity (Wildman–Crippen MR) is 120 cm³/mol. The van der Waals surface area contributed by atoms with Crippen LogP contribution in [0.25, 0.3) is 0 Å². The summed E-state index contributed by atoms with van der Waals surface area (Å²) in [5, 5.41) is 0. The number of amides is 1. The number of likely N-dealkylation sites (tertiary alicyclic amines) is 1. The van der Waals surface area contributed by atoms with Crippen molar-refractivity contribution in [3.8, 4) is 11.5 Å². The lowest BCUT2D eigenvalue weighted by Gasteiger charge is -2.44. The first-order valence-electron chi connectivity index (χ1n) is 11.1. The molecule has 0 atom stereocenters. The molecule has 0 saturated carbocycles. The number of ketones is 1. The van der Waals surface area contributed by atoms with Crippen LogP contribution in [0.3, 0.4) is 0 Å². The number of fused-ring (bicyclic) bond motifs is 1. The lowest BCUT2D eigenvalue weighted by atomic mass is 9.81. The highest BCUT2D eigenvalue weighted by Gasteiger charge is 2.44. The van der Waals surface area contributed by atoms with E-state index >= 15 is 0 Å². The van der Waals surface area contributed by atoms with Gasteiger partial charge in [-0.1, -0.05) is 19.9 Å². The van der Waals surface area contributed by atoms with Crippen molar-refractivity contribution < 1.29 is 19.1 Å². The predicted octanol–water partition coefficient (Wildman–Crippen LogP) is 4.98. The minimum absolute atomic E-state index is 0.0134. The third kappa shape index (κ3) is 4.46. The second kappa shape index (κ2) is 8.37. The van der Waals surface area contributed by atoms with Gasteiger partial charge in [-0.05, 0) is 61.2 Å². The van der Waals surface area contributed by atoms with Gasteiger partial charge in [-0.25, -0.2) is 0 Å². The molecule has 0 aromatic heterocycles. The molecule has 0 unspecified atom stereocenters. The molecule has 2 aromatic rings. The van der Waals surface area contributed by atoms with Gasteiger partial charge >= 0.3 is 0 Å². The summed E-state index contributed by atoms with van der Waals surface area (Å²) < 4.78 is 12.1. The number of benzene rings is 2. The Morgan fingerprint density at radius 2 is 1.81 bits per heavy atom. The first kappa shape index (κ1) is 21.4. The summed E-state index contributed by atoms with van der Waals surface area (Å²) in [5.41, 5.74) is 2.94. The number of aryl methyl sites for hydroxylation is 2. The fourth-order valence-electron chi connectivity index (χ4n) is 4.55. The van der Waals surface area contributed by atoms with E-state index < -0.39 is 5.60 Å². The van der Waals surface area contributed by atoms with E-state index in [2.05, 4.69) is 13.8 Å². The average molecular weight is 422 g/mol. The van der Waals surface area contributed by atoms with Gasteiger partial charge in [0.05, 0.1) is 18.6 Å². The molecular formula is C26H31NO4. The molecule has 0 radical (unpaired) electrons. The highest BCUT2D eigenvalue weighted by molar-refractivity contribution is 6.02. The standard InChI is InChI=1S/C26H31NO4/c1-17(2)16-30-21-7-5-20(6-8-21)25(29)27-11-9-26(10-12-27)15-22(28)24-19(4)13-18(3)14-23(24)31-26/h5-8,13-14,17H,9-12,15-16H2,1-4H3. The van der Waals surface area contributed by atoms with Crippen LogP contribution in [0.4, 0.5) is 0 Å². The van der Waals surface area contributed by atoms with Crippen molar-refractivity contribution in [3.05, 3.63) is 58.7 Å². The fourth-order valence-corrected chi connectivity index (χ4v) is 4.55. The molecule has 2 aromatic carbocycles. The molecule has 1 spiro atoms. The van der Waals surface area contributed by atoms with Gasteiger partial charge in [0, 0.05) is 31.5 Å². The third-order valence-electron chi connectivity index (χ3n) is 6.18. The molecule has 164 valence electrons. The maximum Gasteiger partial charge on any atom is 0.253 e. The van der Waals surface area contributed by atoms with Crippen LogP contribution in [-0.4, -0.2) is 41.9 Å². The number of nitrogens with zero attached hydrogens (tertiary/aromatic N) is 1. The smallest absolute Gasteiger partial charge is 0.253 e. The van der Waals surface area contributed by atoms with Gasteiger partial charge in [-0.2, -0.15) is 0 Å². The van der Waals surface area contributed by atoms with Gasteiger partial charge in [-0.3, -0.25) is 9.59 Å². The Hall–Kier alpha value is -2.82. The van der Waals surface area contributed by atoms with Gasteiger partial charge in [0.2, 0.25) is 0 Å². The summed E-state index contributed by atoms with van der Waals surface area (Å²) >= 11 is 0. The van der Waals surface area contributed by atoms with E-state index in [0.717, 1.165) is 22.4 Å². The normalized spacial score (nSPS) is 17.5. The molecule has 2 aliphatic heterocycles. The fraction of sp³-hybridized carbons (Fsp3) is 0.462. The monoisotopic (exact) mass is 421 g/mol. The van der Waals surface area contributed by atoms with Crippen LogP contribution in [0.2, 0.25) is 0 Å². The zero-order valence-corrected chi connectivity index (χ0v) is 18.9. The zero-order valence-electron chi connectivity index (χ0n) is 18.9. The van der Waals surface area contributed by atoms with E-state index in [1.807, 2.05) is 55.1 Å². The number of hydrogen-bond donors (Lipinski definition) is 0. The van der Waals surface area contributed by atoms with Crippen molar-refractivity contribution in [1.82, 2.24) is 4.90 Å². The van der Waals surface area contributed by atoms with Gasteiger partial charge in [-0.15, -0.1) is 0 Å². The molecule has 0 aliphatic carbocycles. The minimum Gasteiger partial charge on any atom is -0.493 e. The van der Waals surface area contributed by atoms with Crippen LogP contribution >= 0.6 is 0 Å². The highest BCUT2D eigenvalue weighted by Crippen LogP contribution is 2.41. The van der Waals surface area contributed by atoms with E-state index in [1.165, 1.54) is 0 Å². The maximum atomic E-state index is 13.0. The van der Waals surface area contributed by atoms with Crippen LogP contribution in [-0.2, 0) is 0 Å². The summed E-state index contributed by atoms with van der Waals surface area (Å²) in [4.78, 5) is 27.7. The first-order valence-corrected chi connectivity index (χ1v) is 11.1. The number of carbonyl (C=O) groups is 2. The number of carbonyl (C=O) groups excluding carboxylic acids is 2. The minimum atomic E-state index is -0.504. The molecule has 31 heavy (non-hydrogen) atoms. The molecule has 5 heteroatoms. The molecule has 2 aliphatic rings. The number of rotatable bonds is 4. The first-order chi connectivity index (χ1) is 14.8. The SMILES string of the molecule is Cc1cc(C)c2c(c1)OC1(CCN(C(=O)c3ccc(OCC(C)C)cc3)CC1)CC2=O. The summed E-state index contributed by atoms with van der Waals surface area (Å²) in [6.07, 6.45) is 1.70. The van der Waals surface area contributed by atoms with E-state index in [-0.39, 0.29) is 11.7 Å². The van der Waals surface area contributed by atoms with Crippen LogP contribution in [0.1, 0.15) is 65.0 Å². The molecule has 4 rings (SSSR count). The number of piperidine rings is 1. The van der Waals surface area contributed by atoms with E-state index in [4.69, 9.17) is 9.47 Å². The Kier molecular flexibility index (Phi) is 5.78. The maximum absolute atomic E-state index is 13.0. The van der Waals surface area contributed by atoms with Gasteiger partial charge in [0.25, 0.3) is 5.91 Å². The Morgan fingerprint density at radius 3 is 2.45 bits per heavy atom. The molecule has 0 N–H and O–H groups in total. The van der Waals surface area contributed by atoms with Crippen molar-refractivity contribution in [3.63, 3.8) is 0 Å². The third-order valence-corrected chi connectivity index (χ3v) is 6.18. The van der Waals surface area contributed by atoms with Crippen molar-refractivity contribution in [2.75, 3.05) is 19.7 Å². The molecular weight excluding hydrogens is 390 g/mol. The van der Waals surface area contributed by atoms with Crippen LogP contribution < -0.4 is 9.47 Å². The summed E-state index contributed by atoms with van der Waals surface area (Å²) in [6.45, 7) is 10.0. The van der Waals surface area contributed by atoms with Crippen molar-refractivity contribution >= 4 is 11.7 Å². The van der Waals surface area contributed by atoms with Gasteiger partial charge < -0.3 is 14.4 Å². The van der Waals surface area contributed by atoms with E-state index in [9.17, 15) is 9.59 Å². The lowest BCUT2D eigenvalue weighted by molar-refractivity contribution is -0.00580. The Balaban J connectivity index is 1.41.